The maximum atomic E-state index is 11.4. The van der Waals surface area contributed by atoms with E-state index in [0.717, 1.165) is 44.5 Å². The van der Waals surface area contributed by atoms with Crippen LogP contribution >= 0.6 is 0 Å². The molecule has 1 aliphatic heterocycles. The summed E-state index contributed by atoms with van der Waals surface area (Å²) < 4.78 is 5.66. The van der Waals surface area contributed by atoms with Crippen LogP contribution in [0.2, 0.25) is 0 Å². The number of benzene rings is 1. The summed E-state index contributed by atoms with van der Waals surface area (Å²) in [6.07, 6.45) is 6.92. The lowest BCUT2D eigenvalue weighted by molar-refractivity contribution is -0.122. The van der Waals surface area contributed by atoms with Crippen molar-refractivity contribution in [1.29, 1.82) is 0 Å². The minimum Gasteiger partial charge on any atom is -0.493 e. The molecule has 3 heteroatoms. The first-order valence-corrected chi connectivity index (χ1v) is 7.47. The average molecular weight is 271 g/mol. The maximum Gasteiger partial charge on any atom is 0.220 e. The van der Waals surface area contributed by atoms with Crippen LogP contribution in [0.25, 0.3) is 5.57 Å². The number of carbonyl (C=O) groups is 1. The van der Waals surface area contributed by atoms with E-state index >= 15 is 0 Å². The monoisotopic (exact) mass is 271 g/mol. The van der Waals surface area contributed by atoms with Gasteiger partial charge in [-0.2, -0.15) is 0 Å². The molecule has 20 heavy (non-hydrogen) atoms. The summed E-state index contributed by atoms with van der Waals surface area (Å²) in [7, 11) is 0. The van der Waals surface area contributed by atoms with Gasteiger partial charge in [0, 0.05) is 17.9 Å². The lowest BCUT2D eigenvalue weighted by Gasteiger charge is -2.14. The van der Waals surface area contributed by atoms with Gasteiger partial charge in [-0.15, -0.1) is 0 Å². The van der Waals surface area contributed by atoms with E-state index in [1.165, 1.54) is 22.3 Å². The molecule has 0 fully saturated rings. The first-order valence-electron chi connectivity index (χ1n) is 7.47. The zero-order valence-electron chi connectivity index (χ0n) is 11.9. The molecule has 0 saturated carbocycles. The molecule has 106 valence electrons. The van der Waals surface area contributed by atoms with E-state index in [4.69, 9.17) is 10.5 Å². The third kappa shape index (κ3) is 2.21. The molecule has 1 unspecified atom stereocenters. The second kappa shape index (κ2) is 5.31. The Morgan fingerprint density at radius 1 is 1.45 bits per heavy atom. The molecule has 1 aromatic rings. The molecule has 1 atom stereocenters. The molecule has 2 aliphatic rings. The van der Waals surface area contributed by atoms with Crippen molar-refractivity contribution in [2.75, 3.05) is 6.61 Å². The van der Waals surface area contributed by atoms with Crippen molar-refractivity contribution >= 4 is 11.5 Å². The minimum atomic E-state index is -0.173. The minimum absolute atomic E-state index is 0.00652. The van der Waals surface area contributed by atoms with Gasteiger partial charge in [-0.05, 0) is 48.4 Å². The van der Waals surface area contributed by atoms with Crippen LogP contribution in [0.15, 0.2) is 18.2 Å². The van der Waals surface area contributed by atoms with E-state index in [1.54, 1.807) is 0 Å². The fraction of sp³-hybridized carbons (Fsp3) is 0.471. The van der Waals surface area contributed by atoms with Crippen molar-refractivity contribution in [3.05, 3.63) is 34.9 Å². The van der Waals surface area contributed by atoms with Crippen molar-refractivity contribution in [2.24, 2.45) is 11.7 Å². The van der Waals surface area contributed by atoms with Crippen LogP contribution in [-0.4, -0.2) is 12.5 Å². The van der Waals surface area contributed by atoms with Gasteiger partial charge in [0.2, 0.25) is 5.91 Å². The Morgan fingerprint density at radius 3 is 3.05 bits per heavy atom. The zero-order chi connectivity index (χ0) is 14.1. The normalized spacial score (nSPS) is 17.1. The van der Waals surface area contributed by atoms with Gasteiger partial charge in [-0.1, -0.05) is 19.1 Å². The first kappa shape index (κ1) is 13.2. The van der Waals surface area contributed by atoms with E-state index in [-0.39, 0.29) is 11.8 Å². The predicted octanol–water partition coefficient (Wildman–Crippen LogP) is 2.85. The molecule has 1 aliphatic carbocycles. The summed E-state index contributed by atoms with van der Waals surface area (Å²) in [5, 5.41) is 0. The van der Waals surface area contributed by atoms with E-state index in [1.807, 2.05) is 6.92 Å². The van der Waals surface area contributed by atoms with Gasteiger partial charge >= 0.3 is 0 Å². The van der Waals surface area contributed by atoms with Gasteiger partial charge in [0.1, 0.15) is 5.75 Å². The molecule has 3 rings (SSSR count). The summed E-state index contributed by atoms with van der Waals surface area (Å²) in [5.41, 5.74) is 11.0. The van der Waals surface area contributed by atoms with Crippen LogP contribution in [0.5, 0.6) is 5.75 Å². The van der Waals surface area contributed by atoms with Gasteiger partial charge in [0.15, 0.2) is 0 Å². The quantitative estimate of drug-likeness (QED) is 0.895. The Hall–Kier alpha value is -1.77. The topological polar surface area (TPSA) is 52.3 Å². The van der Waals surface area contributed by atoms with Crippen LogP contribution in [0.1, 0.15) is 42.9 Å². The van der Waals surface area contributed by atoms with Gasteiger partial charge in [0.05, 0.1) is 6.61 Å². The highest BCUT2D eigenvalue weighted by atomic mass is 16.5. The highest BCUT2D eigenvalue weighted by molar-refractivity contribution is 5.79. The van der Waals surface area contributed by atoms with E-state index < -0.39 is 0 Å². The second-order valence-electron chi connectivity index (χ2n) is 5.65. The van der Waals surface area contributed by atoms with Gasteiger partial charge < -0.3 is 10.5 Å². The molecule has 1 amide bonds. The number of amides is 1. The van der Waals surface area contributed by atoms with Crippen molar-refractivity contribution in [3.63, 3.8) is 0 Å². The molecule has 0 radical (unpaired) electrons. The zero-order valence-corrected chi connectivity index (χ0v) is 11.9. The van der Waals surface area contributed by atoms with Crippen molar-refractivity contribution < 1.29 is 9.53 Å². The summed E-state index contributed by atoms with van der Waals surface area (Å²) in [5.74, 6) is 0.861. The summed E-state index contributed by atoms with van der Waals surface area (Å²) in [4.78, 5) is 11.4. The first-order chi connectivity index (χ1) is 9.70. The number of primary amides is 1. The lowest BCUT2D eigenvalue weighted by atomic mass is 9.91. The standard InChI is InChI=1S/C17H21NO2/c1-2-11(17(18)19)3-4-12-5-6-13-7-8-15-14(16(12)13)9-10-20-15/h5,7-8,11H,2-4,6,9-10H2,1H3,(H2,18,19). The highest BCUT2D eigenvalue weighted by Crippen LogP contribution is 2.40. The number of allylic oxidation sites excluding steroid dienone is 2. The van der Waals surface area contributed by atoms with Crippen LogP contribution in [0.4, 0.5) is 0 Å². The summed E-state index contributed by atoms with van der Waals surface area (Å²) >= 11 is 0. The highest BCUT2D eigenvalue weighted by Gasteiger charge is 2.25. The fourth-order valence-electron chi connectivity index (χ4n) is 3.33. The van der Waals surface area contributed by atoms with Crippen LogP contribution < -0.4 is 10.5 Å². The Bertz CT molecular complexity index is 575. The largest absolute Gasteiger partial charge is 0.493 e. The molecular formula is C17H21NO2. The number of carbonyl (C=O) groups excluding carboxylic acids is 1. The number of hydrogen-bond donors (Lipinski definition) is 1. The predicted molar refractivity (Wildman–Crippen MR) is 79.5 cm³/mol. The van der Waals surface area contributed by atoms with Crippen LogP contribution in [0, 0.1) is 5.92 Å². The SMILES string of the molecule is CCC(CCC1=CCc2ccc3c(c21)CCO3)C(N)=O. The Labute approximate surface area is 119 Å². The molecule has 3 nitrogen and oxygen atoms in total. The number of fused-ring (bicyclic) bond motifs is 3. The molecule has 1 heterocycles. The van der Waals surface area contributed by atoms with Crippen molar-refractivity contribution in [2.45, 2.75) is 39.0 Å². The number of rotatable bonds is 5. The van der Waals surface area contributed by atoms with Crippen molar-refractivity contribution in [3.8, 4) is 5.75 Å². The number of nitrogens with two attached hydrogens (primary N) is 1. The molecule has 1 aromatic carbocycles. The third-order valence-corrected chi connectivity index (χ3v) is 4.51. The van der Waals surface area contributed by atoms with Gasteiger partial charge in [0.25, 0.3) is 0 Å². The molecule has 0 aromatic heterocycles. The Balaban J connectivity index is 1.79. The number of ether oxygens (including phenoxy) is 1. The van der Waals surface area contributed by atoms with Gasteiger partial charge in [-0.25, -0.2) is 0 Å². The fourth-order valence-corrected chi connectivity index (χ4v) is 3.33. The Morgan fingerprint density at radius 2 is 2.30 bits per heavy atom. The summed E-state index contributed by atoms with van der Waals surface area (Å²) in [6, 6.07) is 4.27. The third-order valence-electron chi connectivity index (χ3n) is 4.51. The Kier molecular flexibility index (Phi) is 3.51. The van der Waals surface area contributed by atoms with E-state index in [9.17, 15) is 4.79 Å². The lowest BCUT2D eigenvalue weighted by Crippen LogP contribution is -2.22. The van der Waals surface area contributed by atoms with Crippen LogP contribution in [0.3, 0.4) is 0 Å². The van der Waals surface area contributed by atoms with E-state index in [0.29, 0.717) is 0 Å². The van der Waals surface area contributed by atoms with Crippen LogP contribution in [-0.2, 0) is 17.6 Å². The second-order valence-corrected chi connectivity index (χ2v) is 5.65. The molecular weight excluding hydrogens is 250 g/mol. The van der Waals surface area contributed by atoms with Gasteiger partial charge in [-0.3, -0.25) is 4.79 Å². The van der Waals surface area contributed by atoms with Crippen molar-refractivity contribution in [1.82, 2.24) is 0 Å². The molecule has 0 saturated heterocycles. The molecule has 2 N–H and O–H groups in total. The van der Waals surface area contributed by atoms with E-state index in [2.05, 4.69) is 18.2 Å². The summed E-state index contributed by atoms with van der Waals surface area (Å²) in [6.45, 7) is 2.82. The maximum absolute atomic E-state index is 11.4. The number of hydrogen-bond acceptors (Lipinski definition) is 2. The molecule has 0 bridgehead atoms. The molecule has 0 spiro atoms. The average Bonchev–Trinajstić information content (AvgIpc) is 3.04. The smallest absolute Gasteiger partial charge is 0.220 e.